The molecule has 0 aliphatic heterocycles. The van der Waals surface area contributed by atoms with Gasteiger partial charge in [0.2, 0.25) is 0 Å². The van der Waals surface area contributed by atoms with Crippen molar-refractivity contribution in [3.8, 4) is 22.3 Å². The van der Waals surface area contributed by atoms with Gasteiger partial charge >= 0.3 is 0 Å². The Labute approximate surface area is 289 Å². The molecule has 0 aromatic heterocycles. The lowest BCUT2D eigenvalue weighted by Crippen LogP contribution is -2.09. The summed E-state index contributed by atoms with van der Waals surface area (Å²) in [5.41, 5.74) is 7.50. The van der Waals surface area contributed by atoms with Gasteiger partial charge in [-0.1, -0.05) is 146 Å². The van der Waals surface area contributed by atoms with Gasteiger partial charge in [-0.15, -0.1) is 0 Å². The molecule has 0 fully saturated rings. The van der Waals surface area contributed by atoms with Crippen molar-refractivity contribution in [2.45, 2.75) is 0 Å². The fourth-order valence-corrected chi connectivity index (χ4v) is 9.08. The second-order valence-electron chi connectivity index (χ2n) is 13.6. The number of fused-ring (bicyclic) bond motifs is 8. The molecule has 0 unspecified atom stereocenters. The van der Waals surface area contributed by atoms with Crippen molar-refractivity contribution in [2.24, 2.45) is 0 Å². The maximum absolute atomic E-state index is 2.51. The Morgan fingerprint density at radius 2 is 0.780 bits per heavy atom. The summed E-state index contributed by atoms with van der Waals surface area (Å²) in [5.74, 6) is 0. The van der Waals surface area contributed by atoms with Crippen LogP contribution in [-0.2, 0) is 0 Å². The third kappa shape index (κ3) is 3.61. The average molecular weight is 634 g/mol. The molecule has 0 saturated heterocycles. The zero-order chi connectivity index (χ0) is 32.9. The number of anilines is 2. The highest BCUT2D eigenvalue weighted by Gasteiger charge is 2.27. The summed E-state index contributed by atoms with van der Waals surface area (Å²) in [5, 5.41) is 18.5. The minimum atomic E-state index is 1.17. The molecule has 0 bridgehead atoms. The van der Waals surface area contributed by atoms with Crippen LogP contribution in [0.2, 0.25) is 0 Å². The molecule has 0 aliphatic carbocycles. The first-order chi connectivity index (χ1) is 24.8. The average Bonchev–Trinajstić information content (AvgIpc) is 3.69. The fraction of sp³-hybridized carbons (Fsp3) is 0.0204. The summed E-state index contributed by atoms with van der Waals surface area (Å²) >= 11 is 0. The lowest BCUT2D eigenvalue weighted by Gasteiger charge is -2.21. The molecule has 232 valence electrons. The van der Waals surface area contributed by atoms with Crippen LogP contribution < -0.4 is 4.90 Å². The summed E-state index contributed by atoms with van der Waals surface area (Å²) in [6, 6.07) is 62.8. The van der Waals surface area contributed by atoms with Gasteiger partial charge in [0, 0.05) is 23.8 Å². The predicted octanol–water partition coefficient (Wildman–Crippen LogP) is 13.7. The lowest BCUT2D eigenvalue weighted by atomic mass is 9.84. The van der Waals surface area contributed by atoms with E-state index in [2.05, 4.69) is 182 Å². The highest BCUT2D eigenvalue weighted by Crippen LogP contribution is 2.55. The monoisotopic (exact) mass is 633 g/mol. The van der Waals surface area contributed by atoms with Crippen molar-refractivity contribution in [3.63, 3.8) is 0 Å². The van der Waals surface area contributed by atoms with Crippen LogP contribution in [0.15, 0.2) is 170 Å². The van der Waals surface area contributed by atoms with Crippen molar-refractivity contribution >= 4 is 86.8 Å². The smallest absolute Gasteiger partial charge is 0.0488 e. The topological polar surface area (TPSA) is 3.24 Å². The second-order valence-corrected chi connectivity index (χ2v) is 13.6. The molecular weight excluding hydrogens is 603 g/mol. The van der Waals surface area contributed by atoms with Crippen LogP contribution in [0.3, 0.4) is 0 Å². The van der Waals surface area contributed by atoms with Gasteiger partial charge in [0.05, 0.1) is 0 Å². The van der Waals surface area contributed by atoms with Gasteiger partial charge in [-0.05, 0) is 117 Å². The van der Waals surface area contributed by atoms with Gasteiger partial charge in [0.1, 0.15) is 0 Å². The molecule has 1 heteroatoms. The number of para-hydroxylation sites is 1. The minimum absolute atomic E-state index is 1.17. The van der Waals surface area contributed by atoms with Crippen LogP contribution in [0.1, 0.15) is 0 Å². The third-order valence-corrected chi connectivity index (χ3v) is 11.1. The molecule has 0 saturated carbocycles. The number of hydrogen-bond donors (Lipinski definition) is 0. The maximum atomic E-state index is 2.51. The normalized spacial score (nSPS) is 12.1. The largest absolute Gasteiger partial charge is 0.344 e. The van der Waals surface area contributed by atoms with E-state index in [4.69, 9.17) is 0 Å². The Kier molecular flexibility index (Phi) is 5.66. The van der Waals surface area contributed by atoms with Crippen molar-refractivity contribution in [1.29, 1.82) is 0 Å². The van der Waals surface area contributed by atoms with Gasteiger partial charge in [-0.3, -0.25) is 0 Å². The van der Waals surface area contributed by atoms with Gasteiger partial charge in [0.25, 0.3) is 0 Å². The van der Waals surface area contributed by atoms with E-state index in [9.17, 15) is 0 Å². The van der Waals surface area contributed by atoms with Gasteiger partial charge in [-0.25, -0.2) is 0 Å². The first-order valence-corrected chi connectivity index (χ1v) is 17.4. The molecule has 50 heavy (non-hydrogen) atoms. The van der Waals surface area contributed by atoms with Crippen molar-refractivity contribution in [1.82, 2.24) is 0 Å². The molecule has 0 N–H and O–H groups in total. The number of hydrogen-bond acceptors (Lipinski definition) is 1. The van der Waals surface area contributed by atoms with E-state index in [1.54, 1.807) is 0 Å². The number of nitrogens with zero attached hydrogens (tertiary/aromatic N) is 1. The quantitative estimate of drug-likeness (QED) is 0.174. The molecule has 0 spiro atoms. The second kappa shape index (κ2) is 10.3. The van der Waals surface area contributed by atoms with Crippen LogP contribution in [0, 0.1) is 0 Å². The molecule has 11 rings (SSSR count). The minimum Gasteiger partial charge on any atom is -0.344 e. The predicted molar refractivity (Wildman–Crippen MR) is 217 cm³/mol. The first-order valence-electron chi connectivity index (χ1n) is 17.4. The van der Waals surface area contributed by atoms with E-state index in [-0.39, 0.29) is 0 Å². The summed E-state index contributed by atoms with van der Waals surface area (Å²) in [4.78, 5) is 2.32. The van der Waals surface area contributed by atoms with Crippen LogP contribution in [0.25, 0.3) is 97.7 Å². The zero-order valence-electron chi connectivity index (χ0n) is 27.6. The highest BCUT2D eigenvalue weighted by molar-refractivity contribution is 6.45. The van der Waals surface area contributed by atoms with Crippen LogP contribution in [0.4, 0.5) is 11.4 Å². The molecule has 11 aromatic carbocycles. The first kappa shape index (κ1) is 27.5. The van der Waals surface area contributed by atoms with Crippen LogP contribution in [-0.4, -0.2) is 7.05 Å². The molecule has 0 atom stereocenters. The van der Waals surface area contributed by atoms with Crippen LogP contribution >= 0.6 is 0 Å². The lowest BCUT2D eigenvalue weighted by molar-refractivity contribution is 1.22. The van der Waals surface area contributed by atoms with E-state index in [1.165, 1.54) is 109 Å². The highest BCUT2D eigenvalue weighted by atomic mass is 15.1. The molecule has 0 heterocycles. The number of rotatable bonds is 4. The molecule has 0 radical (unpaired) electrons. The van der Waals surface area contributed by atoms with Gasteiger partial charge in [-0.2, -0.15) is 0 Å². The summed E-state index contributed by atoms with van der Waals surface area (Å²) in [6.07, 6.45) is 0. The Morgan fingerprint density at radius 1 is 0.300 bits per heavy atom. The Balaban J connectivity index is 1.43. The third-order valence-electron chi connectivity index (χ3n) is 11.1. The molecular formula is C49H31N. The molecule has 0 amide bonds. The van der Waals surface area contributed by atoms with E-state index in [0.29, 0.717) is 0 Å². The maximum Gasteiger partial charge on any atom is 0.0488 e. The Hall–Kier alpha value is -6.44. The van der Waals surface area contributed by atoms with E-state index < -0.39 is 0 Å². The van der Waals surface area contributed by atoms with E-state index in [1.807, 2.05) is 0 Å². The summed E-state index contributed by atoms with van der Waals surface area (Å²) < 4.78 is 0. The van der Waals surface area contributed by atoms with Crippen molar-refractivity contribution < 1.29 is 0 Å². The van der Waals surface area contributed by atoms with E-state index in [0.717, 1.165) is 0 Å². The zero-order valence-corrected chi connectivity index (χ0v) is 27.6. The van der Waals surface area contributed by atoms with E-state index >= 15 is 0 Å². The fourth-order valence-electron chi connectivity index (χ4n) is 9.08. The SMILES string of the molecule is CN(c1ccccc1)c1ccc2c3c(-c4ccccc4)c4cc5c6ccccc6c6cccc(c4c(-c4ccccc4)c3c3cccc1c23)c65. The molecule has 1 nitrogen and oxygen atoms in total. The summed E-state index contributed by atoms with van der Waals surface area (Å²) in [7, 11) is 2.18. The van der Waals surface area contributed by atoms with Crippen molar-refractivity contribution in [2.75, 3.05) is 11.9 Å². The standard InChI is InChI=1S/C49H31N/c1-50(32-19-9-4-10-20-32)42-28-27-39-46-36(42)24-14-26-38(46)49-44(31-17-7-3-8-18-31)47-37-25-13-23-35-33-21-11-12-22-34(33)40(45(35)37)29-41(47)43(48(39)49)30-15-5-2-6-16-30/h2-29H,1H3. The van der Waals surface area contributed by atoms with Gasteiger partial charge < -0.3 is 4.90 Å². The van der Waals surface area contributed by atoms with Gasteiger partial charge in [0.15, 0.2) is 0 Å². The van der Waals surface area contributed by atoms with Crippen molar-refractivity contribution in [3.05, 3.63) is 170 Å². The Bertz CT molecular complexity index is 3070. The molecule has 11 aromatic rings. The van der Waals surface area contributed by atoms with Crippen LogP contribution in [0.5, 0.6) is 0 Å². The summed E-state index contributed by atoms with van der Waals surface area (Å²) in [6.45, 7) is 0. The Morgan fingerprint density at radius 3 is 1.48 bits per heavy atom. The molecule has 0 aliphatic rings. The number of benzene rings is 9.